The molecule has 6 nitrogen and oxygen atoms in total. The van der Waals surface area contributed by atoms with Gasteiger partial charge in [-0.15, -0.1) is 11.3 Å². The van der Waals surface area contributed by atoms with Gasteiger partial charge in [-0.3, -0.25) is 14.2 Å². The summed E-state index contributed by atoms with van der Waals surface area (Å²) in [7, 11) is 1.32. The van der Waals surface area contributed by atoms with Gasteiger partial charge in [0.05, 0.1) is 18.2 Å². The molecule has 0 fully saturated rings. The van der Waals surface area contributed by atoms with Crippen LogP contribution in [0.1, 0.15) is 56.9 Å². The third-order valence-electron chi connectivity index (χ3n) is 5.70. The van der Waals surface area contributed by atoms with Gasteiger partial charge >= 0.3 is 5.97 Å². The summed E-state index contributed by atoms with van der Waals surface area (Å²) in [6, 6.07) is 4.92. The molecule has 2 aromatic heterocycles. The highest BCUT2D eigenvalue weighted by Crippen LogP contribution is 2.34. The summed E-state index contributed by atoms with van der Waals surface area (Å²) in [6.07, 6.45) is 0.425. The van der Waals surface area contributed by atoms with Crippen molar-refractivity contribution in [1.29, 1.82) is 0 Å². The van der Waals surface area contributed by atoms with Crippen LogP contribution in [0.25, 0.3) is 10.9 Å². The zero-order valence-corrected chi connectivity index (χ0v) is 19.8. The van der Waals surface area contributed by atoms with Gasteiger partial charge in [0, 0.05) is 16.3 Å². The number of rotatable bonds is 5. The topological polar surface area (TPSA) is 77.4 Å². The number of aromatic nitrogens is 1. The molecule has 1 aromatic carbocycles. The molecular formula is C24H28N2O4S. The molecule has 1 N–H and O–H groups in total. The second-order valence-corrected chi connectivity index (χ2v) is 9.13. The van der Waals surface area contributed by atoms with Crippen LogP contribution >= 0.6 is 11.3 Å². The fraction of sp³-hybridized carbons (Fsp3) is 0.375. The van der Waals surface area contributed by atoms with Gasteiger partial charge in [-0.2, -0.15) is 0 Å². The molecule has 1 unspecified atom stereocenters. The first-order chi connectivity index (χ1) is 14.6. The molecule has 0 spiro atoms. The molecule has 7 heteroatoms. The maximum Gasteiger partial charge on any atom is 0.341 e. The summed E-state index contributed by atoms with van der Waals surface area (Å²) in [5.74, 6) is -0.824. The normalized spacial score (nSPS) is 12.1. The van der Waals surface area contributed by atoms with Crippen molar-refractivity contribution in [1.82, 2.24) is 4.57 Å². The first kappa shape index (κ1) is 22.7. The van der Waals surface area contributed by atoms with Crippen LogP contribution in [0, 0.1) is 34.6 Å². The molecule has 31 heavy (non-hydrogen) atoms. The van der Waals surface area contributed by atoms with Gasteiger partial charge in [0.2, 0.25) is 5.91 Å². The van der Waals surface area contributed by atoms with Crippen molar-refractivity contribution in [3.8, 4) is 0 Å². The van der Waals surface area contributed by atoms with E-state index in [1.165, 1.54) is 18.4 Å². The number of fused-ring (bicyclic) bond motifs is 1. The minimum atomic E-state index is -0.717. The number of aryl methyl sites for hydroxylation is 4. The van der Waals surface area contributed by atoms with E-state index in [0.29, 0.717) is 17.0 Å². The third kappa shape index (κ3) is 4.02. The number of ether oxygens (including phenoxy) is 1. The molecule has 1 amide bonds. The van der Waals surface area contributed by atoms with E-state index in [1.807, 2.05) is 53.7 Å². The van der Waals surface area contributed by atoms with Gasteiger partial charge in [0.1, 0.15) is 11.0 Å². The fourth-order valence-corrected chi connectivity index (χ4v) is 5.13. The maximum absolute atomic E-state index is 13.4. The van der Waals surface area contributed by atoms with E-state index in [1.54, 1.807) is 10.6 Å². The van der Waals surface area contributed by atoms with Crippen molar-refractivity contribution >= 4 is 39.1 Å². The van der Waals surface area contributed by atoms with Gasteiger partial charge in [-0.25, -0.2) is 4.79 Å². The summed E-state index contributed by atoms with van der Waals surface area (Å²) >= 11 is 1.33. The number of carbonyl (C=O) groups excluding carboxylic acids is 2. The van der Waals surface area contributed by atoms with Crippen molar-refractivity contribution in [2.45, 2.75) is 54.0 Å². The summed E-state index contributed by atoms with van der Waals surface area (Å²) in [4.78, 5) is 39.6. The van der Waals surface area contributed by atoms with Crippen LogP contribution in [-0.2, 0) is 9.53 Å². The molecule has 3 aromatic rings. The summed E-state index contributed by atoms with van der Waals surface area (Å²) in [5, 5.41) is 4.30. The summed E-state index contributed by atoms with van der Waals surface area (Å²) in [6.45, 7) is 11.5. The van der Waals surface area contributed by atoms with Crippen molar-refractivity contribution in [2.75, 3.05) is 12.4 Å². The highest BCUT2D eigenvalue weighted by molar-refractivity contribution is 7.16. The van der Waals surface area contributed by atoms with Crippen LogP contribution in [0.3, 0.4) is 0 Å². The Kier molecular flexibility index (Phi) is 6.36. The molecule has 0 aliphatic carbocycles. The largest absolute Gasteiger partial charge is 0.465 e. The third-order valence-corrected chi connectivity index (χ3v) is 6.82. The average molecular weight is 441 g/mol. The zero-order chi connectivity index (χ0) is 23.0. The first-order valence-corrected chi connectivity index (χ1v) is 11.0. The van der Waals surface area contributed by atoms with E-state index in [9.17, 15) is 14.4 Å². The Balaban J connectivity index is 2.14. The van der Waals surface area contributed by atoms with Gasteiger partial charge in [0.25, 0.3) is 5.56 Å². The van der Waals surface area contributed by atoms with Gasteiger partial charge in [0.15, 0.2) is 0 Å². The number of esters is 1. The van der Waals surface area contributed by atoms with Crippen LogP contribution in [0.15, 0.2) is 23.0 Å². The average Bonchev–Trinajstić information content (AvgIpc) is 2.97. The molecule has 0 saturated carbocycles. The number of nitrogens with zero attached hydrogens (tertiary/aromatic N) is 1. The predicted octanol–water partition coefficient (Wildman–Crippen LogP) is 4.98. The van der Waals surface area contributed by atoms with E-state index in [-0.39, 0.29) is 11.5 Å². The van der Waals surface area contributed by atoms with Crippen LogP contribution in [0.4, 0.5) is 5.00 Å². The molecule has 3 rings (SSSR count). The molecule has 0 aliphatic rings. The van der Waals surface area contributed by atoms with E-state index >= 15 is 0 Å². The van der Waals surface area contributed by atoms with E-state index in [4.69, 9.17) is 4.74 Å². The fourth-order valence-electron chi connectivity index (χ4n) is 4.08. The maximum atomic E-state index is 13.4. The minimum Gasteiger partial charge on any atom is -0.465 e. The number of methoxy groups -OCH3 is 1. The lowest BCUT2D eigenvalue weighted by Crippen LogP contribution is -2.33. The van der Waals surface area contributed by atoms with E-state index < -0.39 is 12.0 Å². The highest BCUT2D eigenvalue weighted by atomic mass is 32.1. The van der Waals surface area contributed by atoms with Gasteiger partial charge in [-0.05, 0) is 63.8 Å². The lowest BCUT2D eigenvalue weighted by Gasteiger charge is -2.22. The predicted molar refractivity (Wildman–Crippen MR) is 126 cm³/mol. The lowest BCUT2D eigenvalue weighted by molar-refractivity contribution is -0.119. The van der Waals surface area contributed by atoms with E-state index in [0.717, 1.165) is 38.0 Å². The number of hydrogen-bond donors (Lipinski definition) is 1. The highest BCUT2D eigenvalue weighted by Gasteiger charge is 2.27. The van der Waals surface area contributed by atoms with Crippen LogP contribution < -0.4 is 10.9 Å². The lowest BCUT2D eigenvalue weighted by atomic mass is 10.0. The Hall–Kier alpha value is -2.93. The van der Waals surface area contributed by atoms with Crippen LogP contribution in [-0.4, -0.2) is 23.6 Å². The Bertz CT molecular complexity index is 1250. The standard InChI is InChI=1S/C24H28N2O4S/c1-8-18(22(28)25-23-20(24(29)30-7)15(5)16(6)31-23)26-19(27)11-13(3)17-10-12(2)9-14(4)21(17)26/h9-11,18H,8H2,1-7H3,(H,25,28). The zero-order valence-electron chi connectivity index (χ0n) is 19.0. The Morgan fingerprint density at radius 2 is 1.77 bits per heavy atom. The summed E-state index contributed by atoms with van der Waals surface area (Å²) < 4.78 is 6.48. The van der Waals surface area contributed by atoms with Crippen molar-refractivity contribution in [3.63, 3.8) is 0 Å². The molecule has 0 bridgehead atoms. The molecule has 0 radical (unpaired) electrons. The van der Waals surface area contributed by atoms with Gasteiger partial charge in [-0.1, -0.05) is 18.6 Å². The van der Waals surface area contributed by atoms with E-state index in [2.05, 4.69) is 5.32 Å². The molecule has 0 aliphatic heterocycles. The summed E-state index contributed by atoms with van der Waals surface area (Å²) in [5.41, 5.74) is 4.62. The number of anilines is 1. The molecular weight excluding hydrogens is 412 g/mol. The molecule has 0 saturated heterocycles. The number of nitrogens with one attached hydrogen (secondary N) is 1. The number of hydrogen-bond acceptors (Lipinski definition) is 5. The smallest absolute Gasteiger partial charge is 0.341 e. The Morgan fingerprint density at radius 1 is 1.10 bits per heavy atom. The molecule has 2 heterocycles. The van der Waals surface area contributed by atoms with Crippen LogP contribution in [0.5, 0.6) is 0 Å². The Morgan fingerprint density at radius 3 is 2.39 bits per heavy atom. The van der Waals surface area contributed by atoms with Gasteiger partial charge < -0.3 is 10.1 Å². The Labute approximate surface area is 185 Å². The van der Waals surface area contributed by atoms with Crippen molar-refractivity contribution in [3.05, 3.63) is 61.2 Å². The van der Waals surface area contributed by atoms with Crippen LogP contribution in [0.2, 0.25) is 0 Å². The number of pyridine rings is 1. The monoisotopic (exact) mass is 440 g/mol. The number of carbonyl (C=O) groups is 2. The minimum absolute atomic E-state index is 0.217. The number of benzene rings is 1. The first-order valence-electron chi connectivity index (χ1n) is 10.2. The number of amides is 1. The van der Waals surface area contributed by atoms with Crippen molar-refractivity contribution in [2.24, 2.45) is 0 Å². The number of thiophene rings is 1. The molecule has 1 atom stereocenters. The van der Waals surface area contributed by atoms with Crippen molar-refractivity contribution < 1.29 is 14.3 Å². The SMILES string of the molecule is CCC(C(=O)Nc1sc(C)c(C)c1C(=O)OC)n1c(=O)cc(C)c2cc(C)cc(C)c21. The quantitative estimate of drug-likeness (QED) is 0.568. The second-order valence-electron chi connectivity index (χ2n) is 7.91. The second kappa shape index (κ2) is 8.67. The molecule has 164 valence electrons.